The van der Waals surface area contributed by atoms with Crippen molar-refractivity contribution in [2.45, 2.75) is 12.5 Å². The fourth-order valence-corrected chi connectivity index (χ4v) is 2.23. The molecule has 3 rings (SSSR count). The van der Waals surface area contributed by atoms with Gasteiger partial charge in [-0.05, 0) is 24.6 Å². The van der Waals surface area contributed by atoms with Crippen LogP contribution in [0.5, 0.6) is 0 Å². The number of benzene rings is 1. The minimum Gasteiger partial charge on any atom is -0.438 e. The van der Waals surface area contributed by atoms with Crippen molar-refractivity contribution in [2.24, 2.45) is 0 Å². The molecule has 0 radical (unpaired) electrons. The second-order valence-corrected chi connectivity index (χ2v) is 4.99. The number of amides is 1. The number of hydrogen-bond acceptors (Lipinski definition) is 6. The van der Waals surface area contributed by atoms with E-state index >= 15 is 0 Å². The average molecular weight is 325 g/mol. The number of aromatic nitrogens is 4. The van der Waals surface area contributed by atoms with Crippen molar-refractivity contribution in [3.8, 4) is 0 Å². The molecule has 2 N–H and O–H groups in total. The molecule has 0 bridgehead atoms. The van der Waals surface area contributed by atoms with Crippen molar-refractivity contribution in [2.75, 3.05) is 0 Å². The van der Waals surface area contributed by atoms with Crippen LogP contribution < -0.4 is 5.48 Å². The summed E-state index contributed by atoms with van der Waals surface area (Å²) in [4.78, 5) is 15.5. The van der Waals surface area contributed by atoms with E-state index in [9.17, 15) is 4.79 Å². The highest BCUT2D eigenvalue weighted by Gasteiger charge is 2.20. The Morgan fingerprint density at radius 1 is 1.46 bits per heavy atom. The highest BCUT2D eigenvalue weighted by molar-refractivity contribution is 5.90. The van der Waals surface area contributed by atoms with Crippen LogP contribution in [0, 0.1) is 0 Å². The summed E-state index contributed by atoms with van der Waals surface area (Å²) >= 11 is 0. The number of hydrogen-bond donors (Lipinski definition) is 2. The zero-order chi connectivity index (χ0) is 16.9. The SMILES string of the molecule is C=CCC(c1nc2ccccc2o1)n1cc(/C=C/C(=O)NO)nn1. The normalized spacial score (nSPS) is 12.5. The van der Waals surface area contributed by atoms with E-state index in [0.29, 0.717) is 23.6 Å². The smallest absolute Gasteiger partial charge is 0.267 e. The van der Waals surface area contributed by atoms with Crippen LogP contribution >= 0.6 is 0 Å². The van der Waals surface area contributed by atoms with Crippen LogP contribution in [-0.2, 0) is 4.79 Å². The van der Waals surface area contributed by atoms with Crippen molar-refractivity contribution >= 4 is 23.1 Å². The molecule has 2 heterocycles. The minimum absolute atomic E-state index is 0.295. The second-order valence-electron chi connectivity index (χ2n) is 4.99. The summed E-state index contributed by atoms with van der Waals surface area (Å²) in [5.41, 5.74) is 3.43. The predicted molar refractivity (Wildman–Crippen MR) is 85.9 cm³/mol. The molecule has 0 aliphatic carbocycles. The Morgan fingerprint density at radius 3 is 3.04 bits per heavy atom. The van der Waals surface area contributed by atoms with Gasteiger partial charge in [0.05, 0.1) is 6.20 Å². The fraction of sp³-hybridized carbons (Fsp3) is 0.125. The lowest BCUT2D eigenvalue weighted by molar-refractivity contribution is -0.124. The topological polar surface area (TPSA) is 106 Å². The van der Waals surface area contributed by atoms with E-state index < -0.39 is 5.91 Å². The van der Waals surface area contributed by atoms with E-state index in [2.05, 4.69) is 21.9 Å². The number of rotatable bonds is 6. The summed E-state index contributed by atoms with van der Waals surface area (Å²) < 4.78 is 7.40. The van der Waals surface area contributed by atoms with Crippen molar-refractivity contribution in [1.29, 1.82) is 0 Å². The monoisotopic (exact) mass is 325 g/mol. The minimum atomic E-state index is -0.647. The molecule has 1 atom stereocenters. The Bertz CT molecular complexity index is 863. The molecule has 0 aliphatic rings. The largest absolute Gasteiger partial charge is 0.438 e. The first kappa shape index (κ1) is 15.6. The van der Waals surface area contributed by atoms with Crippen molar-refractivity contribution < 1.29 is 14.4 Å². The van der Waals surface area contributed by atoms with E-state index in [1.165, 1.54) is 11.6 Å². The third kappa shape index (κ3) is 3.23. The van der Waals surface area contributed by atoms with Gasteiger partial charge in [0, 0.05) is 6.08 Å². The first-order valence-corrected chi connectivity index (χ1v) is 7.21. The summed E-state index contributed by atoms with van der Waals surface area (Å²) in [6.07, 6.45) is 6.54. The number of allylic oxidation sites excluding steroid dienone is 1. The van der Waals surface area contributed by atoms with Crippen LogP contribution in [0.1, 0.15) is 24.0 Å². The molecule has 3 aromatic rings. The molecule has 0 fully saturated rings. The zero-order valence-electron chi connectivity index (χ0n) is 12.7. The maximum Gasteiger partial charge on any atom is 0.267 e. The average Bonchev–Trinajstić information content (AvgIpc) is 3.24. The fourth-order valence-electron chi connectivity index (χ4n) is 2.23. The molecule has 0 spiro atoms. The van der Waals surface area contributed by atoms with Crippen LogP contribution in [0.3, 0.4) is 0 Å². The molecule has 122 valence electrons. The van der Waals surface area contributed by atoms with Crippen LogP contribution in [0.4, 0.5) is 0 Å². The van der Waals surface area contributed by atoms with Gasteiger partial charge < -0.3 is 4.42 Å². The molecule has 24 heavy (non-hydrogen) atoms. The van der Waals surface area contributed by atoms with Gasteiger partial charge in [0.1, 0.15) is 17.3 Å². The number of carbonyl (C=O) groups excluding carboxylic acids is 1. The Labute approximate surface area is 137 Å². The van der Waals surface area contributed by atoms with Crippen LogP contribution in [0.15, 0.2) is 53.6 Å². The van der Waals surface area contributed by atoms with Crippen molar-refractivity contribution in [3.63, 3.8) is 0 Å². The number of hydroxylamine groups is 1. The third-order valence-corrected chi connectivity index (χ3v) is 3.35. The van der Waals surface area contributed by atoms with Gasteiger partial charge in [-0.25, -0.2) is 15.1 Å². The maximum atomic E-state index is 11.0. The van der Waals surface area contributed by atoms with Gasteiger partial charge in [-0.2, -0.15) is 0 Å². The highest BCUT2D eigenvalue weighted by Crippen LogP contribution is 2.25. The molecule has 0 aliphatic heterocycles. The molecule has 8 nitrogen and oxygen atoms in total. The van der Waals surface area contributed by atoms with E-state index in [1.807, 2.05) is 24.3 Å². The molecule has 1 aromatic carbocycles. The van der Waals surface area contributed by atoms with Gasteiger partial charge in [0.15, 0.2) is 5.58 Å². The molecule has 1 amide bonds. The number of nitrogens with one attached hydrogen (secondary N) is 1. The Balaban J connectivity index is 1.91. The number of fused-ring (bicyclic) bond motifs is 1. The third-order valence-electron chi connectivity index (χ3n) is 3.35. The van der Waals surface area contributed by atoms with Gasteiger partial charge in [-0.3, -0.25) is 10.0 Å². The Kier molecular flexibility index (Phi) is 4.48. The molecule has 0 saturated heterocycles. The standard InChI is InChI=1S/C16H15N5O3/c1-2-5-13(16-17-12-6-3-4-7-14(12)24-16)21-10-11(18-20-21)8-9-15(22)19-23/h2-4,6-10,13,23H,1,5H2,(H,19,22)/b9-8+. The molecule has 8 heteroatoms. The number of carbonyl (C=O) groups is 1. The van der Waals surface area contributed by atoms with E-state index in [4.69, 9.17) is 9.62 Å². The molecular formula is C16H15N5O3. The number of nitrogens with zero attached hydrogens (tertiary/aromatic N) is 4. The summed E-state index contributed by atoms with van der Waals surface area (Å²) in [7, 11) is 0. The Hall–Kier alpha value is -3.26. The van der Waals surface area contributed by atoms with E-state index in [-0.39, 0.29) is 6.04 Å². The summed E-state index contributed by atoms with van der Waals surface area (Å²) in [6, 6.07) is 7.19. The molecule has 1 unspecified atom stereocenters. The predicted octanol–water partition coefficient (Wildman–Crippen LogP) is 2.10. The Morgan fingerprint density at radius 2 is 2.29 bits per heavy atom. The second kappa shape index (κ2) is 6.88. The quantitative estimate of drug-likeness (QED) is 0.311. The summed E-state index contributed by atoms with van der Waals surface area (Å²) in [5, 5.41) is 16.5. The van der Waals surface area contributed by atoms with E-state index in [0.717, 1.165) is 11.6 Å². The summed E-state index contributed by atoms with van der Waals surface area (Å²) in [5.74, 6) is -0.143. The van der Waals surface area contributed by atoms with Crippen LogP contribution in [-0.4, -0.2) is 31.1 Å². The molecule has 0 saturated carbocycles. The van der Waals surface area contributed by atoms with Crippen LogP contribution in [0.2, 0.25) is 0 Å². The van der Waals surface area contributed by atoms with Crippen LogP contribution in [0.25, 0.3) is 17.2 Å². The first-order chi connectivity index (χ1) is 11.7. The number of para-hydroxylation sites is 2. The molecular weight excluding hydrogens is 310 g/mol. The van der Waals surface area contributed by atoms with Crippen molar-refractivity contribution in [1.82, 2.24) is 25.5 Å². The highest BCUT2D eigenvalue weighted by atomic mass is 16.5. The van der Waals surface area contributed by atoms with Gasteiger partial charge in [0.25, 0.3) is 5.91 Å². The van der Waals surface area contributed by atoms with Gasteiger partial charge in [-0.15, -0.1) is 11.7 Å². The lowest BCUT2D eigenvalue weighted by Crippen LogP contribution is -2.14. The number of oxazole rings is 1. The lowest BCUT2D eigenvalue weighted by atomic mass is 10.2. The van der Waals surface area contributed by atoms with Gasteiger partial charge in [-0.1, -0.05) is 23.4 Å². The first-order valence-electron chi connectivity index (χ1n) is 7.21. The van der Waals surface area contributed by atoms with Gasteiger partial charge in [0.2, 0.25) is 5.89 Å². The zero-order valence-corrected chi connectivity index (χ0v) is 12.7. The van der Waals surface area contributed by atoms with Gasteiger partial charge >= 0.3 is 0 Å². The summed E-state index contributed by atoms with van der Waals surface area (Å²) in [6.45, 7) is 3.76. The van der Waals surface area contributed by atoms with E-state index in [1.54, 1.807) is 17.0 Å². The lowest BCUT2D eigenvalue weighted by Gasteiger charge is -2.10. The maximum absolute atomic E-state index is 11.0. The molecule has 2 aromatic heterocycles. The van der Waals surface area contributed by atoms with Crippen molar-refractivity contribution in [3.05, 3.63) is 60.8 Å².